The molecule has 0 aliphatic rings. The molecule has 0 atom stereocenters. The fourth-order valence-corrected chi connectivity index (χ4v) is 1.15. The lowest BCUT2D eigenvalue weighted by Gasteiger charge is -1.94. The van der Waals surface area contributed by atoms with Crippen LogP contribution in [-0.2, 0) is 6.32 Å². The molecule has 1 aromatic rings. The van der Waals surface area contributed by atoms with Crippen molar-refractivity contribution in [3.8, 4) is 0 Å². The van der Waals surface area contributed by atoms with E-state index in [0.29, 0.717) is 0 Å². The summed E-state index contributed by atoms with van der Waals surface area (Å²) in [5, 5.41) is 0. The fourth-order valence-electron chi connectivity index (χ4n) is 0.794. The number of hydrogen-bond donors (Lipinski definition) is 0. The van der Waals surface area contributed by atoms with E-state index in [1.807, 2.05) is 6.07 Å². The first-order chi connectivity index (χ1) is 4.93. The molecule has 0 aliphatic heterocycles. The molecule has 4 radical (unpaired) electrons. The van der Waals surface area contributed by atoms with E-state index in [4.69, 9.17) is 0 Å². The summed E-state index contributed by atoms with van der Waals surface area (Å²) in [5.74, 6) is 0. The number of benzene rings is 1. The van der Waals surface area contributed by atoms with Crippen molar-refractivity contribution in [3.05, 3.63) is 35.9 Å². The molecular weight excluding hydrogens is 150 g/mol. The minimum atomic E-state index is 0. The van der Waals surface area contributed by atoms with Crippen LogP contribution in [0.3, 0.4) is 0 Å². The molecule has 0 aliphatic carbocycles. The van der Waals surface area contributed by atoms with Crippen molar-refractivity contribution in [3.63, 3.8) is 0 Å². The third-order valence-electron chi connectivity index (χ3n) is 1.33. The Morgan fingerprint density at radius 1 is 1.27 bits per heavy atom. The molecule has 11 heavy (non-hydrogen) atoms. The highest BCUT2D eigenvalue weighted by Crippen LogP contribution is 2.01. The minimum absolute atomic E-state index is 0. The standard InChI is InChI=1S/C8H10BS.B/c1-10-9-7-8-5-3-2-4-6-8;/h2-6H,7H2,1H3;. The lowest BCUT2D eigenvalue weighted by Crippen LogP contribution is -1.89. The van der Waals surface area contributed by atoms with Gasteiger partial charge in [0.05, 0.1) is 0 Å². The second-order valence-corrected chi connectivity index (χ2v) is 2.90. The van der Waals surface area contributed by atoms with Gasteiger partial charge in [0.1, 0.15) is 0 Å². The van der Waals surface area contributed by atoms with Gasteiger partial charge in [-0.15, -0.1) is 0 Å². The Hall–Kier alpha value is -0.300. The van der Waals surface area contributed by atoms with Gasteiger partial charge in [0, 0.05) is 8.41 Å². The molecule has 0 N–H and O–H groups in total. The van der Waals surface area contributed by atoms with E-state index in [1.54, 1.807) is 11.6 Å². The van der Waals surface area contributed by atoms with Gasteiger partial charge in [-0.3, -0.25) is 0 Å². The van der Waals surface area contributed by atoms with Gasteiger partial charge in [0.25, 0.3) is 0 Å². The predicted octanol–water partition coefficient (Wildman–Crippen LogP) is 1.79. The van der Waals surface area contributed by atoms with Crippen LogP contribution in [-0.4, -0.2) is 21.2 Å². The first-order valence-corrected chi connectivity index (χ1v) is 4.60. The quantitative estimate of drug-likeness (QED) is 0.607. The first kappa shape index (κ1) is 10.7. The maximum absolute atomic E-state index is 2.20. The zero-order valence-corrected chi connectivity index (χ0v) is 7.47. The summed E-state index contributed by atoms with van der Waals surface area (Å²) in [6, 6.07) is 10.5. The van der Waals surface area contributed by atoms with Crippen LogP contribution >= 0.6 is 11.6 Å². The molecule has 0 unspecified atom stereocenters. The lowest BCUT2D eigenvalue weighted by atomic mass is 9.96. The smallest absolute Gasteiger partial charge is 0.196 e. The molecule has 0 bridgehead atoms. The van der Waals surface area contributed by atoms with Crippen LogP contribution in [0.25, 0.3) is 0 Å². The van der Waals surface area contributed by atoms with Gasteiger partial charge in [-0.1, -0.05) is 35.9 Å². The summed E-state index contributed by atoms with van der Waals surface area (Å²) >= 11 is 1.77. The number of rotatable bonds is 3. The summed E-state index contributed by atoms with van der Waals surface area (Å²) in [4.78, 5) is 0. The molecule has 1 aromatic carbocycles. The molecule has 0 fully saturated rings. The highest BCUT2D eigenvalue weighted by molar-refractivity contribution is 8.21. The summed E-state index contributed by atoms with van der Waals surface area (Å²) in [6.45, 7) is 2.20. The Labute approximate surface area is 75.5 Å². The summed E-state index contributed by atoms with van der Waals surface area (Å²) in [5.41, 5.74) is 1.39. The summed E-state index contributed by atoms with van der Waals surface area (Å²) in [6.07, 6.45) is 3.16. The second kappa shape index (κ2) is 6.41. The SMILES string of the molecule is CS[B]Cc1ccccc1.[B]. The Balaban J connectivity index is 0.000001000. The van der Waals surface area contributed by atoms with Crippen LogP contribution < -0.4 is 0 Å². The van der Waals surface area contributed by atoms with E-state index < -0.39 is 0 Å². The maximum atomic E-state index is 2.20. The Bertz CT molecular complexity index is 177. The average molecular weight is 160 g/mol. The van der Waals surface area contributed by atoms with E-state index in [-0.39, 0.29) is 8.41 Å². The van der Waals surface area contributed by atoms with Crippen molar-refractivity contribution in [1.29, 1.82) is 0 Å². The first-order valence-electron chi connectivity index (χ1n) is 3.32. The molecule has 0 nitrogen and oxygen atoms in total. The van der Waals surface area contributed by atoms with E-state index in [0.717, 1.165) is 6.32 Å². The minimum Gasteiger partial charge on any atom is -0.221 e. The largest absolute Gasteiger partial charge is 0.221 e. The third kappa shape index (κ3) is 4.20. The Morgan fingerprint density at radius 3 is 2.45 bits per heavy atom. The van der Waals surface area contributed by atoms with E-state index in [1.165, 1.54) is 5.56 Å². The molecular formula is C8H10B2S. The fraction of sp³-hybridized carbons (Fsp3) is 0.250. The van der Waals surface area contributed by atoms with E-state index in [9.17, 15) is 0 Å². The molecule has 54 valence electrons. The molecule has 0 spiro atoms. The van der Waals surface area contributed by atoms with Crippen molar-refractivity contribution < 1.29 is 0 Å². The van der Waals surface area contributed by atoms with E-state index in [2.05, 4.69) is 37.1 Å². The monoisotopic (exact) mass is 160 g/mol. The molecule has 0 saturated carbocycles. The maximum Gasteiger partial charge on any atom is 0.196 e. The zero-order chi connectivity index (χ0) is 7.23. The van der Waals surface area contributed by atoms with Crippen LogP contribution in [0.15, 0.2) is 30.3 Å². The van der Waals surface area contributed by atoms with Gasteiger partial charge in [-0.2, -0.15) is 0 Å². The normalized spacial score (nSPS) is 8.45. The van der Waals surface area contributed by atoms with Crippen LogP contribution in [0.5, 0.6) is 0 Å². The molecule has 0 heterocycles. The topological polar surface area (TPSA) is 0 Å². The summed E-state index contributed by atoms with van der Waals surface area (Å²) < 4.78 is 0. The predicted molar refractivity (Wildman–Crippen MR) is 55.2 cm³/mol. The van der Waals surface area contributed by atoms with Crippen molar-refractivity contribution in [1.82, 2.24) is 0 Å². The summed E-state index contributed by atoms with van der Waals surface area (Å²) in [7, 11) is 0. The van der Waals surface area contributed by atoms with Crippen LogP contribution in [0.1, 0.15) is 5.56 Å². The Morgan fingerprint density at radius 2 is 1.91 bits per heavy atom. The molecule has 0 amide bonds. The van der Waals surface area contributed by atoms with Crippen molar-refractivity contribution >= 4 is 26.6 Å². The van der Waals surface area contributed by atoms with Crippen molar-refractivity contribution in [2.75, 3.05) is 6.26 Å². The van der Waals surface area contributed by atoms with Gasteiger partial charge in [-0.25, -0.2) is 11.6 Å². The lowest BCUT2D eigenvalue weighted by molar-refractivity contribution is 1.40. The van der Waals surface area contributed by atoms with Crippen LogP contribution in [0.4, 0.5) is 0 Å². The van der Waals surface area contributed by atoms with Gasteiger partial charge >= 0.3 is 0 Å². The van der Waals surface area contributed by atoms with Gasteiger partial charge in [-0.05, 0) is 12.6 Å². The van der Waals surface area contributed by atoms with E-state index >= 15 is 0 Å². The molecule has 3 heteroatoms. The molecule has 0 aromatic heterocycles. The van der Waals surface area contributed by atoms with Crippen LogP contribution in [0, 0.1) is 0 Å². The Kier molecular flexibility index (Phi) is 6.24. The average Bonchev–Trinajstić information content (AvgIpc) is 2.03. The molecule has 1 rings (SSSR count). The van der Waals surface area contributed by atoms with Gasteiger partial charge < -0.3 is 0 Å². The van der Waals surface area contributed by atoms with Crippen molar-refractivity contribution in [2.45, 2.75) is 6.32 Å². The highest BCUT2D eigenvalue weighted by atomic mass is 32.2. The van der Waals surface area contributed by atoms with Gasteiger partial charge in [0.2, 0.25) is 0 Å². The second-order valence-electron chi connectivity index (χ2n) is 2.09. The highest BCUT2D eigenvalue weighted by Gasteiger charge is 1.89. The van der Waals surface area contributed by atoms with Crippen molar-refractivity contribution in [2.24, 2.45) is 0 Å². The third-order valence-corrected chi connectivity index (χ3v) is 1.83. The molecule has 0 saturated heterocycles. The number of hydrogen-bond acceptors (Lipinski definition) is 1. The zero-order valence-electron chi connectivity index (χ0n) is 6.66. The van der Waals surface area contributed by atoms with Crippen LogP contribution in [0.2, 0.25) is 0 Å². The van der Waals surface area contributed by atoms with Gasteiger partial charge in [0.15, 0.2) is 6.56 Å².